The Morgan fingerprint density at radius 1 is 1.30 bits per heavy atom. The third-order valence-electron chi connectivity index (χ3n) is 3.05. The predicted octanol–water partition coefficient (Wildman–Crippen LogP) is 0.654. The molecule has 5 N–H and O–H groups in total. The SMILES string of the molecule is CCC(NC(C(=O)O)C(C)O)C(=O)c1ccc(N)cc1. The fraction of sp³-hybridized carbons (Fsp3) is 0.429. The molecule has 0 amide bonds. The predicted molar refractivity (Wildman–Crippen MR) is 75.5 cm³/mol. The van der Waals surface area contributed by atoms with Gasteiger partial charge < -0.3 is 15.9 Å². The van der Waals surface area contributed by atoms with E-state index in [1.807, 2.05) is 0 Å². The minimum Gasteiger partial charge on any atom is -0.480 e. The van der Waals surface area contributed by atoms with Crippen molar-refractivity contribution in [1.29, 1.82) is 0 Å². The smallest absolute Gasteiger partial charge is 0.323 e. The number of aliphatic hydroxyl groups excluding tert-OH is 1. The molecule has 3 atom stereocenters. The van der Waals surface area contributed by atoms with Crippen molar-refractivity contribution in [1.82, 2.24) is 5.32 Å². The van der Waals surface area contributed by atoms with Crippen molar-refractivity contribution in [2.24, 2.45) is 0 Å². The van der Waals surface area contributed by atoms with Crippen LogP contribution in [-0.4, -0.2) is 40.2 Å². The van der Waals surface area contributed by atoms with Gasteiger partial charge in [0.25, 0.3) is 0 Å². The highest BCUT2D eigenvalue weighted by molar-refractivity contribution is 6.00. The van der Waals surface area contributed by atoms with E-state index in [2.05, 4.69) is 5.32 Å². The van der Waals surface area contributed by atoms with E-state index in [1.165, 1.54) is 6.92 Å². The second kappa shape index (κ2) is 7.02. The normalized spacial score (nSPS) is 15.3. The van der Waals surface area contributed by atoms with E-state index in [0.29, 0.717) is 17.7 Å². The lowest BCUT2D eigenvalue weighted by Gasteiger charge is -2.23. The monoisotopic (exact) mass is 280 g/mol. The number of aliphatic hydroxyl groups is 1. The van der Waals surface area contributed by atoms with Crippen LogP contribution in [0.5, 0.6) is 0 Å². The van der Waals surface area contributed by atoms with Crippen molar-refractivity contribution in [3.8, 4) is 0 Å². The fourth-order valence-electron chi connectivity index (χ4n) is 1.86. The molecule has 0 radical (unpaired) electrons. The van der Waals surface area contributed by atoms with Crippen LogP contribution in [-0.2, 0) is 4.79 Å². The van der Waals surface area contributed by atoms with Gasteiger partial charge in [-0.05, 0) is 37.6 Å². The van der Waals surface area contributed by atoms with Crippen LogP contribution in [0.25, 0.3) is 0 Å². The van der Waals surface area contributed by atoms with E-state index in [4.69, 9.17) is 10.8 Å². The van der Waals surface area contributed by atoms with Crippen LogP contribution in [0, 0.1) is 0 Å². The van der Waals surface area contributed by atoms with Crippen LogP contribution in [0.3, 0.4) is 0 Å². The molecule has 110 valence electrons. The quantitative estimate of drug-likeness (QED) is 0.431. The number of anilines is 1. The van der Waals surface area contributed by atoms with Crippen molar-refractivity contribution in [3.05, 3.63) is 29.8 Å². The summed E-state index contributed by atoms with van der Waals surface area (Å²) in [5, 5.41) is 21.2. The second-order valence-electron chi connectivity index (χ2n) is 4.67. The summed E-state index contributed by atoms with van der Waals surface area (Å²) in [5.74, 6) is -1.41. The molecule has 0 saturated carbocycles. The first kappa shape index (κ1) is 16.1. The van der Waals surface area contributed by atoms with Gasteiger partial charge in [-0.15, -0.1) is 0 Å². The van der Waals surface area contributed by atoms with Crippen molar-refractivity contribution < 1.29 is 19.8 Å². The lowest BCUT2D eigenvalue weighted by Crippen LogP contribution is -2.51. The largest absolute Gasteiger partial charge is 0.480 e. The molecule has 1 aromatic carbocycles. The highest BCUT2D eigenvalue weighted by Gasteiger charge is 2.28. The number of rotatable bonds is 7. The van der Waals surface area contributed by atoms with E-state index < -0.39 is 24.2 Å². The van der Waals surface area contributed by atoms with Crippen molar-refractivity contribution in [2.75, 3.05) is 5.73 Å². The molecule has 1 rings (SSSR count). The van der Waals surface area contributed by atoms with Crippen LogP contribution >= 0.6 is 0 Å². The minimum atomic E-state index is -1.19. The van der Waals surface area contributed by atoms with Gasteiger partial charge >= 0.3 is 5.97 Å². The highest BCUT2D eigenvalue weighted by Crippen LogP contribution is 2.11. The van der Waals surface area contributed by atoms with Gasteiger partial charge in [0.2, 0.25) is 0 Å². The highest BCUT2D eigenvalue weighted by atomic mass is 16.4. The molecule has 1 aromatic rings. The zero-order valence-electron chi connectivity index (χ0n) is 11.5. The third-order valence-corrected chi connectivity index (χ3v) is 3.05. The van der Waals surface area contributed by atoms with Crippen LogP contribution in [0.4, 0.5) is 5.69 Å². The number of carboxylic acids is 1. The molecule has 0 aliphatic carbocycles. The Balaban J connectivity index is 2.87. The minimum absolute atomic E-state index is 0.223. The number of Topliss-reactive ketones (excluding diaryl/α,β-unsaturated/α-hetero) is 1. The second-order valence-corrected chi connectivity index (χ2v) is 4.67. The van der Waals surface area contributed by atoms with Gasteiger partial charge in [0, 0.05) is 11.3 Å². The molecule has 0 fully saturated rings. The van der Waals surface area contributed by atoms with Gasteiger partial charge in [-0.25, -0.2) is 0 Å². The van der Waals surface area contributed by atoms with Crippen LogP contribution in [0.2, 0.25) is 0 Å². The molecular formula is C14H20N2O4. The number of nitrogens with two attached hydrogens (primary N) is 1. The standard InChI is InChI=1S/C14H20N2O4/c1-3-11(16-12(8(2)17)14(19)20)13(18)9-4-6-10(15)7-5-9/h4-8,11-12,16-17H,3,15H2,1-2H3,(H,19,20). The van der Waals surface area contributed by atoms with Gasteiger partial charge in [0.1, 0.15) is 6.04 Å². The summed E-state index contributed by atoms with van der Waals surface area (Å²) >= 11 is 0. The molecular weight excluding hydrogens is 260 g/mol. The summed E-state index contributed by atoms with van der Waals surface area (Å²) in [7, 11) is 0. The lowest BCUT2D eigenvalue weighted by molar-refractivity contribution is -0.142. The number of aliphatic carboxylic acids is 1. The maximum atomic E-state index is 12.3. The van der Waals surface area contributed by atoms with E-state index in [1.54, 1.807) is 31.2 Å². The van der Waals surface area contributed by atoms with Crippen molar-refractivity contribution in [2.45, 2.75) is 38.5 Å². The Bertz CT molecular complexity index is 471. The number of nitrogens with one attached hydrogen (secondary N) is 1. The van der Waals surface area contributed by atoms with E-state index in [0.717, 1.165) is 0 Å². The summed E-state index contributed by atoms with van der Waals surface area (Å²) in [6, 6.07) is 4.57. The summed E-state index contributed by atoms with van der Waals surface area (Å²) in [4.78, 5) is 23.3. The zero-order valence-corrected chi connectivity index (χ0v) is 11.5. The Morgan fingerprint density at radius 2 is 1.85 bits per heavy atom. The fourth-order valence-corrected chi connectivity index (χ4v) is 1.86. The van der Waals surface area contributed by atoms with Gasteiger partial charge in [-0.1, -0.05) is 6.92 Å². The average molecular weight is 280 g/mol. The number of hydrogen-bond donors (Lipinski definition) is 4. The number of ketones is 1. The molecule has 0 spiro atoms. The van der Waals surface area contributed by atoms with Gasteiger partial charge in [-0.2, -0.15) is 0 Å². The first-order valence-corrected chi connectivity index (χ1v) is 6.43. The van der Waals surface area contributed by atoms with Crippen molar-refractivity contribution >= 4 is 17.4 Å². The Hall–Kier alpha value is -1.92. The molecule has 6 nitrogen and oxygen atoms in total. The number of carbonyl (C=O) groups is 2. The Morgan fingerprint density at radius 3 is 2.25 bits per heavy atom. The van der Waals surface area contributed by atoms with E-state index in [-0.39, 0.29) is 5.78 Å². The number of carbonyl (C=O) groups excluding carboxylic acids is 1. The molecule has 0 aromatic heterocycles. The van der Waals surface area contributed by atoms with Gasteiger partial charge in [0.15, 0.2) is 5.78 Å². The summed E-state index contributed by atoms with van der Waals surface area (Å²) < 4.78 is 0. The number of carboxylic acid groups (broad SMARTS) is 1. The zero-order chi connectivity index (χ0) is 15.3. The summed E-state index contributed by atoms with van der Waals surface area (Å²) in [6.07, 6.45) is -0.680. The molecule has 0 heterocycles. The number of hydrogen-bond acceptors (Lipinski definition) is 5. The molecule has 0 bridgehead atoms. The first-order valence-electron chi connectivity index (χ1n) is 6.43. The van der Waals surface area contributed by atoms with Gasteiger partial charge in [0.05, 0.1) is 12.1 Å². The summed E-state index contributed by atoms with van der Waals surface area (Å²) in [6.45, 7) is 3.14. The number of nitrogen functional groups attached to an aromatic ring is 1. The van der Waals surface area contributed by atoms with E-state index >= 15 is 0 Å². The van der Waals surface area contributed by atoms with E-state index in [9.17, 15) is 14.7 Å². The maximum Gasteiger partial charge on any atom is 0.323 e. The van der Waals surface area contributed by atoms with Crippen LogP contribution < -0.4 is 11.1 Å². The topological polar surface area (TPSA) is 113 Å². The average Bonchev–Trinajstić information content (AvgIpc) is 2.39. The van der Waals surface area contributed by atoms with Gasteiger partial charge in [-0.3, -0.25) is 14.9 Å². The molecule has 3 unspecified atom stereocenters. The Labute approximate surface area is 117 Å². The van der Waals surface area contributed by atoms with Crippen molar-refractivity contribution in [3.63, 3.8) is 0 Å². The molecule has 20 heavy (non-hydrogen) atoms. The summed E-state index contributed by atoms with van der Waals surface area (Å²) in [5.41, 5.74) is 6.56. The molecule has 0 aliphatic rings. The lowest BCUT2D eigenvalue weighted by atomic mass is 10.00. The maximum absolute atomic E-state index is 12.3. The molecule has 6 heteroatoms. The molecule has 0 saturated heterocycles. The third kappa shape index (κ3) is 4.04. The first-order chi connectivity index (χ1) is 9.36. The molecule has 0 aliphatic heterocycles. The van der Waals surface area contributed by atoms with Crippen LogP contribution in [0.15, 0.2) is 24.3 Å². The number of benzene rings is 1. The van der Waals surface area contributed by atoms with Crippen LogP contribution in [0.1, 0.15) is 30.6 Å². The Kier molecular flexibility index (Phi) is 5.66.